The molecule has 0 unspecified atom stereocenters. The van der Waals surface area contributed by atoms with E-state index in [9.17, 15) is 13.6 Å². The van der Waals surface area contributed by atoms with E-state index >= 15 is 0 Å². The van der Waals surface area contributed by atoms with Crippen molar-refractivity contribution >= 4 is 5.97 Å². The van der Waals surface area contributed by atoms with Gasteiger partial charge < -0.3 is 4.74 Å². The van der Waals surface area contributed by atoms with Crippen LogP contribution in [0.2, 0.25) is 0 Å². The Kier molecular flexibility index (Phi) is 3.63. The highest BCUT2D eigenvalue weighted by molar-refractivity contribution is 5.78. The summed E-state index contributed by atoms with van der Waals surface area (Å²) < 4.78 is 32.5. The highest BCUT2D eigenvalue weighted by atomic mass is 19.1. The molecular formula is C17H22F2O2. The van der Waals surface area contributed by atoms with Crippen molar-refractivity contribution < 1.29 is 18.3 Å². The molecule has 21 heavy (non-hydrogen) atoms. The van der Waals surface area contributed by atoms with Crippen LogP contribution in [0.3, 0.4) is 0 Å². The van der Waals surface area contributed by atoms with E-state index < -0.39 is 11.6 Å². The first-order valence-corrected chi connectivity index (χ1v) is 7.12. The van der Waals surface area contributed by atoms with Crippen molar-refractivity contribution in [2.45, 2.75) is 48.1 Å². The van der Waals surface area contributed by atoms with Crippen LogP contribution in [0.1, 0.15) is 44.4 Å². The summed E-state index contributed by atoms with van der Waals surface area (Å²) in [7, 11) is 0. The molecule has 116 valence electrons. The van der Waals surface area contributed by atoms with Gasteiger partial charge in [0, 0.05) is 11.6 Å². The van der Waals surface area contributed by atoms with E-state index in [1.807, 2.05) is 27.7 Å². The van der Waals surface area contributed by atoms with E-state index in [1.165, 1.54) is 0 Å². The van der Waals surface area contributed by atoms with E-state index in [0.717, 1.165) is 6.07 Å². The molecule has 0 amide bonds. The number of hydrogen-bond acceptors (Lipinski definition) is 2. The summed E-state index contributed by atoms with van der Waals surface area (Å²) >= 11 is 0. The molecule has 1 aliphatic rings. The van der Waals surface area contributed by atoms with Gasteiger partial charge in [0.05, 0.1) is 5.92 Å². The fourth-order valence-electron chi connectivity index (χ4n) is 3.13. The normalized spacial score (nSPS) is 19.4. The minimum atomic E-state index is -0.615. The van der Waals surface area contributed by atoms with Crippen molar-refractivity contribution in [3.05, 3.63) is 34.4 Å². The molecule has 4 heteroatoms. The largest absolute Gasteiger partial charge is 0.461 e. The zero-order chi connectivity index (χ0) is 16.2. The molecular weight excluding hydrogens is 274 g/mol. The van der Waals surface area contributed by atoms with Crippen molar-refractivity contribution in [3.63, 3.8) is 0 Å². The lowest BCUT2D eigenvalue weighted by atomic mass is 10.0. The van der Waals surface area contributed by atoms with Gasteiger partial charge in [-0.05, 0) is 35.8 Å². The van der Waals surface area contributed by atoms with E-state index in [1.54, 1.807) is 13.8 Å². The van der Waals surface area contributed by atoms with Gasteiger partial charge in [-0.15, -0.1) is 0 Å². The Labute approximate surface area is 124 Å². The maximum Gasteiger partial charge on any atom is 0.310 e. The van der Waals surface area contributed by atoms with Crippen LogP contribution in [0, 0.1) is 42.2 Å². The Morgan fingerprint density at radius 2 is 1.52 bits per heavy atom. The summed E-state index contributed by atoms with van der Waals surface area (Å²) in [6.45, 7) is 11.1. The fraction of sp³-hybridized carbons (Fsp3) is 0.588. The number of benzene rings is 1. The summed E-state index contributed by atoms with van der Waals surface area (Å²) in [5.74, 6) is -1.70. The number of hydrogen-bond donors (Lipinski definition) is 0. The maximum atomic E-state index is 13.6. The zero-order valence-corrected chi connectivity index (χ0v) is 13.4. The predicted octanol–water partition coefficient (Wildman–Crippen LogP) is 4.31. The first-order valence-electron chi connectivity index (χ1n) is 7.12. The number of ether oxygens (including phenoxy) is 1. The standard InChI is InChI=1S/C17H22F2O2/c1-9-11(10(2)13(19)7-12(9)18)8-21-15(20)14-16(3,4)17(14,5)6/h7,14H,8H2,1-6H3. The van der Waals surface area contributed by atoms with E-state index in [0.29, 0.717) is 16.7 Å². The lowest BCUT2D eigenvalue weighted by Crippen LogP contribution is -2.13. The molecule has 0 N–H and O–H groups in total. The second-order valence-electron chi connectivity index (χ2n) is 7.05. The number of carbonyl (C=O) groups excluding carboxylic acids is 1. The monoisotopic (exact) mass is 296 g/mol. The molecule has 0 heterocycles. The van der Waals surface area contributed by atoms with Crippen LogP contribution in [0.5, 0.6) is 0 Å². The van der Waals surface area contributed by atoms with Gasteiger partial charge >= 0.3 is 5.97 Å². The van der Waals surface area contributed by atoms with Crippen molar-refractivity contribution in [3.8, 4) is 0 Å². The smallest absolute Gasteiger partial charge is 0.310 e. The van der Waals surface area contributed by atoms with Crippen molar-refractivity contribution in [1.82, 2.24) is 0 Å². The maximum absolute atomic E-state index is 13.6. The number of halogens is 2. The molecule has 0 bridgehead atoms. The summed E-state index contributed by atoms with van der Waals surface area (Å²) in [5, 5.41) is 0. The Bertz CT molecular complexity index is 563. The molecule has 0 aliphatic heterocycles. The number of carbonyl (C=O) groups is 1. The summed E-state index contributed by atoms with van der Waals surface area (Å²) in [6, 6.07) is 0.864. The van der Waals surface area contributed by atoms with Gasteiger partial charge in [0.25, 0.3) is 0 Å². The Morgan fingerprint density at radius 1 is 1.10 bits per heavy atom. The molecule has 2 nitrogen and oxygen atoms in total. The average Bonchev–Trinajstić information content (AvgIpc) is 2.77. The van der Waals surface area contributed by atoms with E-state index in [-0.39, 0.29) is 29.3 Å². The summed E-state index contributed by atoms with van der Waals surface area (Å²) in [5.41, 5.74) is 0.854. The Balaban J connectivity index is 2.14. The highest BCUT2D eigenvalue weighted by Crippen LogP contribution is 2.68. The zero-order valence-electron chi connectivity index (χ0n) is 13.4. The van der Waals surface area contributed by atoms with Crippen molar-refractivity contribution in [2.24, 2.45) is 16.7 Å². The van der Waals surface area contributed by atoms with Crippen LogP contribution < -0.4 is 0 Å². The van der Waals surface area contributed by atoms with E-state index in [4.69, 9.17) is 4.74 Å². The molecule has 0 aromatic heterocycles. The van der Waals surface area contributed by atoms with Crippen LogP contribution in [-0.4, -0.2) is 5.97 Å². The predicted molar refractivity (Wildman–Crippen MR) is 76.7 cm³/mol. The molecule has 0 saturated heterocycles. The molecule has 1 saturated carbocycles. The molecule has 1 fully saturated rings. The van der Waals surface area contributed by atoms with Crippen LogP contribution in [0.4, 0.5) is 8.78 Å². The van der Waals surface area contributed by atoms with Gasteiger partial charge in [-0.25, -0.2) is 8.78 Å². The summed E-state index contributed by atoms with van der Waals surface area (Å²) in [6.07, 6.45) is 0. The van der Waals surface area contributed by atoms with Crippen LogP contribution in [0.25, 0.3) is 0 Å². The fourth-order valence-corrected chi connectivity index (χ4v) is 3.13. The van der Waals surface area contributed by atoms with Gasteiger partial charge in [-0.1, -0.05) is 27.7 Å². The van der Waals surface area contributed by atoms with Gasteiger partial charge in [0.1, 0.15) is 18.2 Å². The Hall–Kier alpha value is -1.45. The highest BCUT2D eigenvalue weighted by Gasteiger charge is 2.69. The molecule has 1 aromatic rings. The molecule has 2 rings (SSSR count). The van der Waals surface area contributed by atoms with Crippen LogP contribution >= 0.6 is 0 Å². The van der Waals surface area contributed by atoms with Gasteiger partial charge in [0.15, 0.2) is 0 Å². The molecule has 1 aromatic carbocycles. The third-order valence-corrected chi connectivity index (χ3v) is 5.49. The second-order valence-corrected chi connectivity index (χ2v) is 7.05. The third-order valence-electron chi connectivity index (χ3n) is 5.49. The molecule has 0 spiro atoms. The lowest BCUT2D eigenvalue weighted by molar-refractivity contribution is -0.148. The molecule has 0 atom stereocenters. The SMILES string of the molecule is Cc1c(F)cc(F)c(C)c1COC(=O)C1C(C)(C)C1(C)C. The van der Waals surface area contributed by atoms with Crippen LogP contribution in [0.15, 0.2) is 6.07 Å². The summed E-state index contributed by atoms with van der Waals surface area (Å²) in [4.78, 5) is 12.2. The molecule has 1 aliphatic carbocycles. The second kappa shape index (κ2) is 4.79. The lowest BCUT2D eigenvalue weighted by Gasteiger charge is -2.13. The van der Waals surface area contributed by atoms with Crippen molar-refractivity contribution in [1.29, 1.82) is 0 Å². The first-order chi connectivity index (χ1) is 9.51. The average molecular weight is 296 g/mol. The first kappa shape index (κ1) is 15.9. The Morgan fingerprint density at radius 3 is 1.90 bits per heavy atom. The third kappa shape index (κ3) is 2.34. The van der Waals surface area contributed by atoms with Gasteiger partial charge in [-0.3, -0.25) is 4.79 Å². The van der Waals surface area contributed by atoms with Gasteiger partial charge in [-0.2, -0.15) is 0 Å². The van der Waals surface area contributed by atoms with Crippen LogP contribution in [-0.2, 0) is 16.1 Å². The molecule has 0 radical (unpaired) electrons. The number of esters is 1. The number of rotatable bonds is 3. The minimum absolute atomic E-state index is 0.0894. The van der Waals surface area contributed by atoms with E-state index in [2.05, 4.69) is 0 Å². The minimum Gasteiger partial charge on any atom is -0.461 e. The topological polar surface area (TPSA) is 26.3 Å². The van der Waals surface area contributed by atoms with Gasteiger partial charge in [0.2, 0.25) is 0 Å². The van der Waals surface area contributed by atoms with Crippen molar-refractivity contribution in [2.75, 3.05) is 0 Å². The quantitative estimate of drug-likeness (QED) is 0.777.